The predicted molar refractivity (Wildman–Crippen MR) is 76.0 cm³/mol. The van der Waals surface area contributed by atoms with Gasteiger partial charge in [0.2, 0.25) is 0 Å². The first kappa shape index (κ1) is 19.2. The number of phenolic OH excluding ortho intramolecular Hbond substituents is 1. The molecule has 0 spiro atoms. The van der Waals surface area contributed by atoms with E-state index in [1.165, 1.54) is 0 Å². The number of aliphatic hydroxyl groups excluding tert-OH is 1. The van der Waals surface area contributed by atoms with Crippen LogP contribution in [0.1, 0.15) is 20.3 Å². The lowest BCUT2D eigenvalue weighted by atomic mass is 10.2. The minimum absolute atomic E-state index is 0.322. The van der Waals surface area contributed by atoms with Gasteiger partial charge in [-0.05, 0) is 24.5 Å². The van der Waals surface area contributed by atoms with Crippen LogP contribution in [-0.2, 0) is 0 Å². The summed E-state index contributed by atoms with van der Waals surface area (Å²) in [5, 5.41) is 16.9. The SMILES string of the molecule is CC(C)CCO.ClC(Cl)Cl.Oc1ccccc1. The highest BCUT2D eigenvalue weighted by Gasteiger charge is 1.86. The van der Waals surface area contributed by atoms with Crippen LogP contribution in [0.15, 0.2) is 30.3 Å². The van der Waals surface area contributed by atoms with Crippen molar-refractivity contribution in [1.29, 1.82) is 0 Å². The third-order valence-corrected chi connectivity index (χ3v) is 1.46. The molecule has 0 aliphatic rings. The zero-order valence-electron chi connectivity index (χ0n) is 9.98. The van der Waals surface area contributed by atoms with Crippen molar-refractivity contribution in [1.82, 2.24) is 0 Å². The Hall–Kier alpha value is -0.150. The summed E-state index contributed by atoms with van der Waals surface area (Å²) in [7, 11) is 0. The number of halogens is 3. The van der Waals surface area contributed by atoms with Crippen LogP contribution in [0.2, 0.25) is 0 Å². The van der Waals surface area contributed by atoms with Gasteiger partial charge in [0.25, 0.3) is 0 Å². The van der Waals surface area contributed by atoms with Crippen LogP contribution in [-0.4, -0.2) is 21.1 Å². The minimum Gasteiger partial charge on any atom is -0.508 e. The maximum absolute atomic E-state index is 8.63. The summed E-state index contributed by atoms with van der Waals surface area (Å²) >= 11 is 14.4. The lowest BCUT2D eigenvalue weighted by Crippen LogP contribution is -1.89. The molecule has 0 heterocycles. The van der Waals surface area contributed by atoms with Crippen molar-refractivity contribution in [2.24, 2.45) is 5.92 Å². The Morgan fingerprint density at radius 3 is 1.59 bits per heavy atom. The molecule has 2 nitrogen and oxygen atoms in total. The van der Waals surface area contributed by atoms with Crippen molar-refractivity contribution in [3.63, 3.8) is 0 Å². The number of phenols is 1. The first-order chi connectivity index (χ1) is 7.90. The molecule has 0 amide bonds. The molecule has 1 aromatic carbocycles. The average molecular weight is 302 g/mol. The molecule has 1 aromatic rings. The molecular weight excluding hydrogens is 282 g/mol. The molecule has 17 heavy (non-hydrogen) atoms. The summed E-state index contributed by atoms with van der Waals surface area (Å²) in [6.07, 6.45) is 0.931. The van der Waals surface area contributed by atoms with E-state index in [0.717, 1.165) is 6.42 Å². The van der Waals surface area contributed by atoms with Crippen LogP contribution in [0.5, 0.6) is 5.75 Å². The zero-order valence-corrected chi connectivity index (χ0v) is 12.3. The topological polar surface area (TPSA) is 40.5 Å². The number of aliphatic hydroxyl groups is 1. The molecule has 2 N–H and O–H groups in total. The molecule has 5 heteroatoms. The van der Waals surface area contributed by atoms with Gasteiger partial charge in [-0.2, -0.15) is 0 Å². The van der Waals surface area contributed by atoms with Crippen LogP contribution in [0.4, 0.5) is 0 Å². The fourth-order valence-corrected chi connectivity index (χ4v) is 0.686. The van der Waals surface area contributed by atoms with Crippen LogP contribution in [0.25, 0.3) is 0 Å². The molecule has 0 bridgehead atoms. The lowest BCUT2D eigenvalue weighted by Gasteiger charge is -1.95. The molecule has 0 fully saturated rings. The molecular formula is C12H19Cl3O2. The van der Waals surface area contributed by atoms with E-state index in [9.17, 15) is 0 Å². The van der Waals surface area contributed by atoms with E-state index in [4.69, 9.17) is 45.0 Å². The Kier molecular flexibility index (Phi) is 15.7. The van der Waals surface area contributed by atoms with E-state index in [2.05, 4.69) is 13.8 Å². The van der Waals surface area contributed by atoms with Gasteiger partial charge in [0.15, 0.2) is 4.30 Å². The van der Waals surface area contributed by atoms with Crippen molar-refractivity contribution < 1.29 is 10.2 Å². The van der Waals surface area contributed by atoms with Gasteiger partial charge in [0.05, 0.1) is 0 Å². The Morgan fingerprint density at radius 1 is 1.06 bits per heavy atom. The number of hydrogen-bond acceptors (Lipinski definition) is 2. The number of para-hydroxylation sites is 1. The molecule has 0 atom stereocenters. The summed E-state index contributed by atoms with van der Waals surface area (Å²) in [5.74, 6) is 0.970. The quantitative estimate of drug-likeness (QED) is 0.795. The summed E-state index contributed by atoms with van der Waals surface area (Å²) in [6.45, 7) is 4.52. The highest BCUT2D eigenvalue weighted by Crippen LogP contribution is 2.03. The molecule has 0 radical (unpaired) electrons. The van der Waals surface area contributed by atoms with E-state index in [-0.39, 0.29) is 0 Å². The van der Waals surface area contributed by atoms with Crippen molar-refractivity contribution in [3.8, 4) is 5.75 Å². The molecule has 0 aromatic heterocycles. The van der Waals surface area contributed by atoms with Crippen LogP contribution in [0, 0.1) is 5.92 Å². The third kappa shape index (κ3) is 25.8. The van der Waals surface area contributed by atoms with Gasteiger partial charge in [-0.3, -0.25) is 0 Å². The molecule has 0 aliphatic carbocycles. The van der Waals surface area contributed by atoms with E-state index < -0.39 is 4.30 Å². The van der Waals surface area contributed by atoms with E-state index >= 15 is 0 Å². The molecule has 0 aliphatic heterocycles. The van der Waals surface area contributed by atoms with Crippen LogP contribution < -0.4 is 0 Å². The molecule has 0 saturated carbocycles. The molecule has 100 valence electrons. The Labute approximate surface area is 118 Å². The van der Waals surface area contributed by atoms with Gasteiger partial charge < -0.3 is 10.2 Å². The summed E-state index contributed by atoms with van der Waals surface area (Å²) in [6, 6.07) is 8.71. The monoisotopic (exact) mass is 300 g/mol. The zero-order chi connectivity index (χ0) is 13.7. The second-order valence-corrected chi connectivity index (χ2v) is 5.47. The third-order valence-electron chi connectivity index (χ3n) is 1.46. The van der Waals surface area contributed by atoms with Crippen molar-refractivity contribution in [2.45, 2.75) is 24.6 Å². The number of benzene rings is 1. The van der Waals surface area contributed by atoms with Crippen LogP contribution in [0.3, 0.4) is 0 Å². The Morgan fingerprint density at radius 2 is 1.47 bits per heavy atom. The Balaban J connectivity index is 0. The number of rotatable bonds is 2. The van der Waals surface area contributed by atoms with E-state index in [1.807, 2.05) is 6.07 Å². The summed E-state index contributed by atoms with van der Waals surface area (Å²) < 4.78 is -0.750. The summed E-state index contributed by atoms with van der Waals surface area (Å²) in [4.78, 5) is 0. The van der Waals surface area contributed by atoms with E-state index in [1.54, 1.807) is 24.3 Å². The second kappa shape index (κ2) is 13.9. The largest absolute Gasteiger partial charge is 0.508 e. The molecule has 0 saturated heterocycles. The maximum Gasteiger partial charge on any atom is 0.180 e. The average Bonchev–Trinajstić information content (AvgIpc) is 2.18. The van der Waals surface area contributed by atoms with Crippen molar-refractivity contribution in [2.75, 3.05) is 6.61 Å². The Bertz CT molecular complexity index is 238. The first-order valence-corrected chi connectivity index (χ1v) is 6.48. The second-order valence-electron chi connectivity index (χ2n) is 3.49. The number of aromatic hydroxyl groups is 1. The van der Waals surface area contributed by atoms with Crippen molar-refractivity contribution >= 4 is 34.8 Å². The van der Waals surface area contributed by atoms with Gasteiger partial charge in [-0.25, -0.2) is 0 Å². The highest BCUT2D eigenvalue weighted by molar-refractivity contribution is 6.63. The van der Waals surface area contributed by atoms with Crippen LogP contribution >= 0.6 is 34.8 Å². The molecule has 1 rings (SSSR count). The fourth-order valence-electron chi connectivity index (χ4n) is 0.686. The summed E-state index contributed by atoms with van der Waals surface area (Å²) in [5.41, 5.74) is 0. The van der Waals surface area contributed by atoms with E-state index in [0.29, 0.717) is 18.3 Å². The van der Waals surface area contributed by atoms with Gasteiger partial charge >= 0.3 is 0 Å². The van der Waals surface area contributed by atoms with Crippen molar-refractivity contribution in [3.05, 3.63) is 30.3 Å². The smallest absolute Gasteiger partial charge is 0.180 e. The van der Waals surface area contributed by atoms with Gasteiger partial charge in [0.1, 0.15) is 5.75 Å². The standard InChI is InChI=1S/C6H6O.C5H12O.CHCl3/c7-6-4-2-1-3-5-6;1-5(2)3-4-6;2-1(3)4/h1-5,7H;5-6H,3-4H2,1-2H3;1H. The van der Waals surface area contributed by atoms with Gasteiger partial charge in [-0.1, -0.05) is 66.8 Å². The lowest BCUT2D eigenvalue weighted by molar-refractivity contribution is 0.268. The maximum atomic E-state index is 8.63. The predicted octanol–water partition coefficient (Wildman–Crippen LogP) is 4.40. The molecule has 0 unspecified atom stereocenters. The fraction of sp³-hybridized carbons (Fsp3) is 0.500. The highest BCUT2D eigenvalue weighted by atomic mass is 35.6. The first-order valence-electron chi connectivity index (χ1n) is 5.17. The minimum atomic E-state index is -0.750. The van der Waals surface area contributed by atoms with Gasteiger partial charge in [0, 0.05) is 6.61 Å². The number of alkyl halides is 3. The van der Waals surface area contributed by atoms with Gasteiger partial charge in [-0.15, -0.1) is 0 Å². The number of hydrogen-bond donors (Lipinski definition) is 2. The normalized spacial score (nSPS) is 9.18.